The largest absolute Gasteiger partial charge is 0.469 e. The molecule has 56 valence electrons. The predicted molar refractivity (Wildman–Crippen MR) is 33.2 cm³/mol. The third kappa shape index (κ3) is 0.408. The number of ether oxygens (including phenoxy) is 1. The molecule has 0 aliphatic heterocycles. The molecule has 3 nitrogen and oxygen atoms in total. The maximum Gasteiger partial charge on any atom is 0.312 e. The lowest BCUT2D eigenvalue weighted by Crippen LogP contribution is -2.08. The zero-order chi connectivity index (χ0) is 7.41. The number of rotatable bonds is 2. The van der Waals surface area contributed by atoms with Crippen LogP contribution in [0.25, 0.3) is 0 Å². The average Bonchev–Trinajstić information content (AvgIpc) is 2.70. The zero-order valence-corrected chi connectivity index (χ0v) is 5.89. The fraction of sp³-hybridized carbons (Fsp3) is 0.857. The number of aliphatic hydroxyl groups excluding tert-OH is 1. The topological polar surface area (TPSA) is 46.5 Å². The number of hydrogen-bond acceptors (Lipinski definition) is 3. The van der Waals surface area contributed by atoms with Gasteiger partial charge < -0.3 is 9.84 Å². The van der Waals surface area contributed by atoms with E-state index in [-0.39, 0.29) is 23.4 Å². The molecule has 0 saturated heterocycles. The molecule has 0 aromatic carbocycles. The van der Waals surface area contributed by atoms with E-state index in [0.29, 0.717) is 0 Å². The van der Waals surface area contributed by atoms with Crippen molar-refractivity contribution in [2.45, 2.75) is 12.8 Å². The van der Waals surface area contributed by atoms with Crippen molar-refractivity contribution in [1.82, 2.24) is 0 Å². The molecule has 3 heteroatoms. The standard InChI is InChI=1S/C7H10O3/c1-10-5(9)7-2-6(7,3-7)4-8/h8H,2-4H2,1H3. The molecule has 0 aromatic rings. The van der Waals surface area contributed by atoms with Crippen LogP contribution in [-0.2, 0) is 9.53 Å². The van der Waals surface area contributed by atoms with Gasteiger partial charge in [0.1, 0.15) is 0 Å². The molecule has 0 aromatic heterocycles. The van der Waals surface area contributed by atoms with Gasteiger partial charge in [-0.3, -0.25) is 4.79 Å². The number of aliphatic hydroxyl groups is 1. The van der Waals surface area contributed by atoms with Crippen molar-refractivity contribution in [2.24, 2.45) is 10.8 Å². The molecular weight excluding hydrogens is 132 g/mol. The van der Waals surface area contributed by atoms with Gasteiger partial charge in [-0.2, -0.15) is 0 Å². The number of fused-ring (bicyclic) bond motifs is 1. The summed E-state index contributed by atoms with van der Waals surface area (Å²) in [6, 6.07) is 0. The maximum absolute atomic E-state index is 11.0. The minimum absolute atomic E-state index is 0.0416. The average molecular weight is 142 g/mol. The minimum Gasteiger partial charge on any atom is -0.469 e. The summed E-state index contributed by atoms with van der Waals surface area (Å²) in [4.78, 5) is 11.0. The third-order valence-electron chi connectivity index (χ3n) is 2.92. The van der Waals surface area contributed by atoms with E-state index in [4.69, 9.17) is 5.11 Å². The van der Waals surface area contributed by atoms with Crippen LogP contribution in [0.5, 0.6) is 0 Å². The molecule has 1 N–H and O–H groups in total. The van der Waals surface area contributed by atoms with Crippen LogP contribution < -0.4 is 0 Å². The molecule has 2 rings (SSSR count). The second-order valence-corrected chi connectivity index (χ2v) is 3.37. The number of carbonyl (C=O) groups excluding carboxylic acids is 1. The molecule has 0 amide bonds. The van der Waals surface area contributed by atoms with Crippen molar-refractivity contribution in [3.63, 3.8) is 0 Å². The van der Waals surface area contributed by atoms with Gasteiger partial charge in [-0.1, -0.05) is 0 Å². The minimum atomic E-state index is -0.240. The van der Waals surface area contributed by atoms with E-state index >= 15 is 0 Å². The lowest BCUT2D eigenvalue weighted by atomic mass is 10.2. The normalized spacial score (nSPS) is 47.8. The molecule has 10 heavy (non-hydrogen) atoms. The van der Waals surface area contributed by atoms with E-state index in [1.165, 1.54) is 7.11 Å². The first-order chi connectivity index (χ1) is 4.71. The fourth-order valence-electron chi connectivity index (χ4n) is 1.83. The SMILES string of the molecule is COC(=O)C12CC1(CO)C2. The van der Waals surface area contributed by atoms with Crippen molar-refractivity contribution in [3.8, 4) is 0 Å². The Hall–Kier alpha value is -0.570. The Morgan fingerprint density at radius 3 is 2.60 bits per heavy atom. The van der Waals surface area contributed by atoms with Gasteiger partial charge >= 0.3 is 5.97 Å². The monoisotopic (exact) mass is 142 g/mol. The lowest BCUT2D eigenvalue weighted by molar-refractivity contribution is -0.144. The smallest absolute Gasteiger partial charge is 0.312 e. The van der Waals surface area contributed by atoms with Gasteiger partial charge in [0.15, 0.2) is 0 Å². The summed E-state index contributed by atoms with van der Waals surface area (Å²) in [6.07, 6.45) is 1.67. The van der Waals surface area contributed by atoms with Gasteiger partial charge in [0, 0.05) is 12.0 Å². The molecule has 0 unspecified atom stereocenters. The van der Waals surface area contributed by atoms with Crippen molar-refractivity contribution < 1.29 is 14.6 Å². The second kappa shape index (κ2) is 1.37. The molecule has 2 aliphatic rings. The van der Waals surface area contributed by atoms with Gasteiger partial charge in [0.2, 0.25) is 0 Å². The molecule has 0 spiro atoms. The molecular formula is C7H10O3. The molecule has 2 saturated carbocycles. The molecule has 2 fully saturated rings. The van der Waals surface area contributed by atoms with Gasteiger partial charge in [0.25, 0.3) is 0 Å². The summed E-state index contributed by atoms with van der Waals surface area (Å²) in [7, 11) is 1.40. The Bertz CT molecular complexity index is 191. The number of methoxy groups -OCH3 is 1. The molecule has 2 aliphatic carbocycles. The van der Waals surface area contributed by atoms with Crippen molar-refractivity contribution in [2.75, 3.05) is 13.7 Å². The molecule has 0 heterocycles. The summed E-state index contributed by atoms with van der Waals surface area (Å²) in [5.74, 6) is -0.137. The summed E-state index contributed by atoms with van der Waals surface area (Å²) < 4.78 is 4.60. The van der Waals surface area contributed by atoms with Crippen LogP contribution in [0.4, 0.5) is 0 Å². The van der Waals surface area contributed by atoms with E-state index in [1.54, 1.807) is 0 Å². The van der Waals surface area contributed by atoms with Gasteiger partial charge in [0.05, 0.1) is 12.5 Å². The first-order valence-electron chi connectivity index (χ1n) is 3.40. The van der Waals surface area contributed by atoms with Gasteiger partial charge in [-0.25, -0.2) is 0 Å². The molecule has 0 radical (unpaired) electrons. The van der Waals surface area contributed by atoms with Crippen molar-refractivity contribution >= 4 is 5.97 Å². The zero-order valence-electron chi connectivity index (χ0n) is 5.89. The first kappa shape index (κ1) is 6.16. The summed E-state index contributed by atoms with van der Waals surface area (Å²) in [6.45, 7) is 0.141. The highest BCUT2D eigenvalue weighted by Gasteiger charge is 2.87. The van der Waals surface area contributed by atoms with E-state index in [1.807, 2.05) is 0 Å². The highest BCUT2D eigenvalue weighted by Crippen LogP contribution is 2.86. The Kier molecular flexibility index (Phi) is 0.844. The second-order valence-electron chi connectivity index (χ2n) is 3.37. The first-order valence-corrected chi connectivity index (χ1v) is 3.40. The Balaban J connectivity index is 2.06. The summed E-state index contributed by atoms with van der Waals surface area (Å²) >= 11 is 0. The predicted octanol–water partition coefficient (Wildman–Crippen LogP) is -0.0681. The maximum atomic E-state index is 11.0. The quantitative estimate of drug-likeness (QED) is 0.549. The van der Waals surface area contributed by atoms with Crippen molar-refractivity contribution in [3.05, 3.63) is 0 Å². The Labute approximate surface area is 59.0 Å². The number of esters is 1. The van der Waals surface area contributed by atoms with E-state index < -0.39 is 0 Å². The highest BCUT2D eigenvalue weighted by atomic mass is 16.5. The fourth-order valence-corrected chi connectivity index (χ4v) is 1.83. The van der Waals surface area contributed by atoms with Crippen LogP contribution in [0, 0.1) is 10.8 Å². The van der Waals surface area contributed by atoms with Gasteiger partial charge in [-0.15, -0.1) is 0 Å². The summed E-state index contributed by atoms with van der Waals surface area (Å²) in [5, 5.41) is 8.81. The Morgan fingerprint density at radius 2 is 2.30 bits per heavy atom. The van der Waals surface area contributed by atoms with E-state index in [0.717, 1.165) is 12.8 Å². The van der Waals surface area contributed by atoms with Crippen LogP contribution in [-0.4, -0.2) is 24.8 Å². The number of carbonyl (C=O) groups is 1. The summed E-state index contributed by atoms with van der Waals surface area (Å²) in [5.41, 5.74) is -0.281. The van der Waals surface area contributed by atoms with E-state index in [9.17, 15) is 4.79 Å². The Morgan fingerprint density at radius 1 is 1.70 bits per heavy atom. The lowest BCUT2D eigenvalue weighted by Gasteiger charge is -1.96. The van der Waals surface area contributed by atoms with Crippen LogP contribution in [0.15, 0.2) is 0 Å². The van der Waals surface area contributed by atoms with Crippen LogP contribution >= 0.6 is 0 Å². The van der Waals surface area contributed by atoms with Crippen LogP contribution in [0.3, 0.4) is 0 Å². The molecule has 0 bridgehead atoms. The number of hydrogen-bond donors (Lipinski definition) is 1. The highest BCUT2D eigenvalue weighted by molar-refractivity contribution is 5.87. The third-order valence-corrected chi connectivity index (χ3v) is 2.92. The van der Waals surface area contributed by atoms with Crippen LogP contribution in [0.1, 0.15) is 12.8 Å². The van der Waals surface area contributed by atoms with Crippen molar-refractivity contribution in [1.29, 1.82) is 0 Å². The van der Waals surface area contributed by atoms with Crippen LogP contribution in [0.2, 0.25) is 0 Å². The van der Waals surface area contributed by atoms with Gasteiger partial charge in [-0.05, 0) is 12.8 Å². The molecule has 0 atom stereocenters. The van der Waals surface area contributed by atoms with E-state index in [2.05, 4.69) is 4.74 Å².